The summed E-state index contributed by atoms with van der Waals surface area (Å²) in [5.74, 6) is 0.0760. The minimum Gasteiger partial charge on any atom is -0.374 e. The van der Waals surface area contributed by atoms with Crippen molar-refractivity contribution in [1.82, 2.24) is 0 Å². The van der Waals surface area contributed by atoms with E-state index in [-0.39, 0.29) is 24.2 Å². The Kier molecular flexibility index (Phi) is 10.6. The van der Waals surface area contributed by atoms with Gasteiger partial charge in [0.25, 0.3) is 0 Å². The van der Waals surface area contributed by atoms with E-state index in [9.17, 15) is 0 Å². The molecule has 186 valence electrons. The van der Waals surface area contributed by atoms with Crippen LogP contribution in [0, 0.1) is 5.92 Å². The summed E-state index contributed by atoms with van der Waals surface area (Å²) < 4.78 is 32.0. The molecule has 35 heavy (non-hydrogen) atoms. The summed E-state index contributed by atoms with van der Waals surface area (Å²) in [7, 11) is 1.67. The van der Waals surface area contributed by atoms with E-state index in [0.717, 1.165) is 21.1 Å². The number of rotatable bonds is 12. The van der Waals surface area contributed by atoms with Gasteiger partial charge >= 0.3 is 0 Å². The van der Waals surface area contributed by atoms with Crippen molar-refractivity contribution in [3.63, 3.8) is 0 Å². The van der Waals surface area contributed by atoms with Gasteiger partial charge in [0.05, 0.1) is 32.5 Å². The number of benzene rings is 3. The first-order chi connectivity index (χ1) is 17.3. The van der Waals surface area contributed by atoms with Crippen LogP contribution in [0.5, 0.6) is 0 Å². The molecule has 6 heteroatoms. The Bertz CT molecular complexity index is 972. The van der Waals surface area contributed by atoms with Gasteiger partial charge in [0.15, 0.2) is 6.29 Å². The molecule has 0 N–H and O–H groups in total. The topological polar surface area (TPSA) is 46.2 Å². The van der Waals surface area contributed by atoms with E-state index in [1.165, 1.54) is 0 Å². The van der Waals surface area contributed by atoms with Gasteiger partial charge in [-0.3, -0.25) is 0 Å². The maximum atomic E-state index is 6.52. The van der Waals surface area contributed by atoms with E-state index < -0.39 is 6.29 Å². The van der Waals surface area contributed by atoms with Crippen LogP contribution in [-0.4, -0.2) is 42.7 Å². The van der Waals surface area contributed by atoms with E-state index in [1.807, 2.05) is 54.6 Å². The first-order valence-electron chi connectivity index (χ1n) is 12.0. The molecule has 0 amide bonds. The SMILES string of the molecule is CO[C@@H]1OC(COCc2ccccc2)[C@H](OCc2ccccc2)C(CI)C1OCc1ccccc1. The summed E-state index contributed by atoms with van der Waals surface area (Å²) >= 11 is 2.42. The summed E-state index contributed by atoms with van der Waals surface area (Å²) in [5.41, 5.74) is 3.37. The van der Waals surface area contributed by atoms with Gasteiger partial charge in [-0.05, 0) is 16.7 Å². The Morgan fingerprint density at radius 1 is 0.686 bits per heavy atom. The highest BCUT2D eigenvalue weighted by Gasteiger charge is 2.47. The van der Waals surface area contributed by atoms with Crippen LogP contribution in [0.15, 0.2) is 91.0 Å². The number of halogens is 1. The van der Waals surface area contributed by atoms with E-state index >= 15 is 0 Å². The zero-order chi connectivity index (χ0) is 24.3. The molecular formula is C29H33IO5. The molecule has 0 aromatic heterocycles. The van der Waals surface area contributed by atoms with E-state index in [4.69, 9.17) is 23.7 Å². The zero-order valence-electron chi connectivity index (χ0n) is 20.0. The fourth-order valence-corrected chi connectivity index (χ4v) is 5.33. The summed E-state index contributed by atoms with van der Waals surface area (Å²) in [6, 6.07) is 30.5. The number of alkyl halides is 1. The van der Waals surface area contributed by atoms with Gasteiger partial charge in [0.1, 0.15) is 12.2 Å². The average Bonchev–Trinajstić information content (AvgIpc) is 2.92. The third-order valence-corrected chi connectivity index (χ3v) is 7.18. The predicted molar refractivity (Wildman–Crippen MR) is 144 cm³/mol. The van der Waals surface area contributed by atoms with Gasteiger partial charge in [-0.2, -0.15) is 0 Å². The Morgan fingerprint density at radius 2 is 1.17 bits per heavy atom. The van der Waals surface area contributed by atoms with Gasteiger partial charge in [-0.15, -0.1) is 0 Å². The Morgan fingerprint density at radius 3 is 1.66 bits per heavy atom. The molecule has 3 aromatic carbocycles. The lowest BCUT2D eigenvalue weighted by Gasteiger charge is -2.45. The smallest absolute Gasteiger partial charge is 0.184 e. The van der Waals surface area contributed by atoms with Gasteiger partial charge < -0.3 is 23.7 Å². The van der Waals surface area contributed by atoms with Crippen molar-refractivity contribution in [2.75, 3.05) is 18.1 Å². The Balaban J connectivity index is 1.48. The molecule has 3 unspecified atom stereocenters. The molecule has 5 nitrogen and oxygen atoms in total. The van der Waals surface area contributed by atoms with Crippen molar-refractivity contribution in [2.45, 2.75) is 44.4 Å². The van der Waals surface area contributed by atoms with E-state index in [2.05, 4.69) is 59.0 Å². The third-order valence-electron chi connectivity index (χ3n) is 6.16. The predicted octanol–water partition coefficient (Wildman–Crippen LogP) is 5.80. The fraction of sp³-hybridized carbons (Fsp3) is 0.379. The summed E-state index contributed by atoms with van der Waals surface area (Å²) in [6.45, 7) is 1.92. The summed E-state index contributed by atoms with van der Waals surface area (Å²) in [5, 5.41) is 0. The summed E-state index contributed by atoms with van der Waals surface area (Å²) in [4.78, 5) is 0. The van der Waals surface area contributed by atoms with Crippen LogP contribution in [0.25, 0.3) is 0 Å². The number of hydrogen-bond acceptors (Lipinski definition) is 5. The van der Waals surface area contributed by atoms with Gasteiger partial charge in [-0.1, -0.05) is 114 Å². The van der Waals surface area contributed by atoms with Crippen molar-refractivity contribution in [3.8, 4) is 0 Å². The largest absolute Gasteiger partial charge is 0.374 e. The van der Waals surface area contributed by atoms with Gasteiger partial charge in [-0.25, -0.2) is 0 Å². The second-order valence-electron chi connectivity index (χ2n) is 8.62. The highest BCUT2D eigenvalue weighted by molar-refractivity contribution is 14.1. The van der Waals surface area contributed by atoms with E-state index in [1.54, 1.807) is 7.11 Å². The minimum atomic E-state index is -0.500. The van der Waals surface area contributed by atoms with Crippen LogP contribution in [-0.2, 0) is 43.5 Å². The van der Waals surface area contributed by atoms with Crippen molar-refractivity contribution in [1.29, 1.82) is 0 Å². The van der Waals surface area contributed by atoms with Crippen LogP contribution >= 0.6 is 22.6 Å². The quantitative estimate of drug-likeness (QED) is 0.198. The fourth-order valence-electron chi connectivity index (χ4n) is 4.32. The molecule has 4 rings (SSSR count). The van der Waals surface area contributed by atoms with Crippen LogP contribution in [0.3, 0.4) is 0 Å². The van der Waals surface area contributed by atoms with Crippen LogP contribution in [0.2, 0.25) is 0 Å². The lowest BCUT2D eigenvalue weighted by Crippen LogP contribution is -2.58. The van der Waals surface area contributed by atoms with Crippen molar-refractivity contribution >= 4 is 22.6 Å². The van der Waals surface area contributed by atoms with Crippen LogP contribution in [0.1, 0.15) is 16.7 Å². The normalized spacial score (nSPS) is 24.3. The molecular weight excluding hydrogens is 555 g/mol. The molecule has 0 radical (unpaired) electrons. The van der Waals surface area contributed by atoms with Gasteiger partial charge in [0.2, 0.25) is 0 Å². The molecule has 1 heterocycles. The van der Waals surface area contributed by atoms with Crippen LogP contribution in [0.4, 0.5) is 0 Å². The maximum Gasteiger partial charge on any atom is 0.184 e. The number of ether oxygens (including phenoxy) is 5. The second kappa shape index (κ2) is 14.1. The Hall–Kier alpha value is -1.81. The third kappa shape index (κ3) is 7.59. The molecule has 0 saturated carbocycles. The average molecular weight is 588 g/mol. The first-order valence-corrected chi connectivity index (χ1v) is 13.5. The molecule has 1 aliphatic rings. The highest BCUT2D eigenvalue weighted by Crippen LogP contribution is 2.34. The molecule has 1 fully saturated rings. The minimum absolute atomic E-state index is 0.0760. The molecule has 1 aliphatic heterocycles. The van der Waals surface area contributed by atoms with Crippen molar-refractivity contribution in [2.24, 2.45) is 5.92 Å². The second-order valence-corrected chi connectivity index (χ2v) is 9.50. The standard InChI is InChI=1S/C29H33IO5/c1-31-29-28(34-20-24-15-9-4-10-16-24)25(17-30)27(33-19-23-13-7-3-8-14-23)26(35-29)21-32-18-22-11-5-2-6-12-22/h2-16,25-29H,17-21H2,1H3/t25?,26?,27-,28?,29-/m1/s1. The number of hydrogen-bond donors (Lipinski definition) is 0. The lowest BCUT2D eigenvalue weighted by atomic mass is 9.90. The Labute approximate surface area is 221 Å². The van der Waals surface area contributed by atoms with Gasteiger partial charge in [0, 0.05) is 17.5 Å². The van der Waals surface area contributed by atoms with Crippen molar-refractivity contribution < 1.29 is 23.7 Å². The van der Waals surface area contributed by atoms with E-state index in [0.29, 0.717) is 26.4 Å². The zero-order valence-corrected chi connectivity index (χ0v) is 22.2. The maximum absolute atomic E-state index is 6.52. The van der Waals surface area contributed by atoms with Crippen molar-refractivity contribution in [3.05, 3.63) is 108 Å². The highest BCUT2D eigenvalue weighted by atomic mass is 127. The molecule has 0 bridgehead atoms. The first kappa shape index (κ1) is 26.3. The molecule has 1 saturated heterocycles. The monoisotopic (exact) mass is 588 g/mol. The molecule has 0 spiro atoms. The van der Waals surface area contributed by atoms with Crippen LogP contribution < -0.4 is 0 Å². The summed E-state index contributed by atoms with van der Waals surface area (Å²) in [6.07, 6.45) is -1.23. The molecule has 5 atom stereocenters. The molecule has 3 aromatic rings. The lowest BCUT2D eigenvalue weighted by molar-refractivity contribution is -0.300. The molecule has 0 aliphatic carbocycles. The number of methoxy groups -OCH3 is 1.